The maximum atomic E-state index is 13.9. The first kappa shape index (κ1) is 16.8. The second-order valence-electron chi connectivity index (χ2n) is 6.80. The lowest BCUT2D eigenvalue weighted by atomic mass is 9.76. The normalized spacial score (nSPS) is 22.7. The largest absolute Gasteiger partial charge is 0.316 e. The molecule has 1 aliphatic carbocycles. The summed E-state index contributed by atoms with van der Waals surface area (Å²) in [6.45, 7) is 6.58. The van der Waals surface area contributed by atoms with Gasteiger partial charge >= 0.3 is 0 Å². The van der Waals surface area contributed by atoms with Gasteiger partial charge in [-0.25, -0.2) is 4.39 Å². The summed E-state index contributed by atoms with van der Waals surface area (Å²) in [5.74, 6) is 1.80. The summed E-state index contributed by atoms with van der Waals surface area (Å²) in [5.41, 5.74) is 0.781. The summed E-state index contributed by atoms with van der Waals surface area (Å²) in [6, 6.07) is 4.92. The van der Waals surface area contributed by atoms with Crippen molar-refractivity contribution in [3.63, 3.8) is 0 Å². The van der Waals surface area contributed by atoms with Crippen LogP contribution in [0.25, 0.3) is 0 Å². The first-order valence-corrected chi connectivity index (χ1v) is 8.58. The molecular weight excluding hydrogens is 285 g/mol. The minimum absolute atomic E-state index is 0.112. The van der Waals surface area contributed by atoms with Gasteiger partial charge in [0.25, 0.3) is 0 Å². The quantitative estimate of drug-likeness (QED) is 0.773. The van der Waals surface area contributed by atoms with E-state index in [2.05, 4.69) is 19.2 Å². The fraction of sp³-hybridized carbons (Fsp3) is 0.667. The molecule has 1 aromatic carbocycles. The number of rotatable bonds is 6. The lowest BCUT2D eigenvalue weighted by Gasteiger charge is -2.32. The molecule has 3 heteroatoms. The molecule has 1 aromatic rings. The van der Waals surface area contributed by atoms with Crippen molar-refractivity contribution >= 4 is 11.6 Å². The molecular formula is C18H27ClFN. The Kier molecular flexibility index (Phi) is 6.50. The predicted octanol–water partition coefficient (Wildman–Crippen LogP) is 5.07. The van der Waals surface area contributed by atoms with Gasteiger partial charge in [-0.3, -0.25) is 0 Å². The van der Waals surface area contributed by atoms with Crippen LogP contribution in [0.4, 0.5) is 4.39 Å². The fourth-order valence-electron chi connectivity index (χ4n) is 3.36. The average molecular weight is 312 g/mol. The Morgan fingerprint density at radius 2 is 1.95 bits per heavy atom. The molecule has 1 aliphatic rings. The second-order valence-corrected chi connectivity index (χ2v) is 7.23. The highest BCUT2D eigenvalue weighted by Gasteiger charge is 2.25. The van der Waals surface area contributed by atoms with Gasteiger partial charge in [0.15, 0.2) is 0 Å². The molecule has 0 radical (unpaired) electrons. The van der Waals surface area contributed by atoms with Crippen molar-refractivity contribution in [2.24, 2.45) is 17.8 Å². The minimum atomic E-state index is -0.112. The molecule has 0 aromatic heterocycles. The van der Waals surface area contributed by atoms with E-state index in [4.69, 9.17) is 11.6 Å². The van der Waals surface area contributed by atoms with Crippen LogP contribution in [0.1, 0.15) is 45.1 Å². The lowest BCUT2D eigenvalue weighted by molar-refractivity contribution is 0.225. The van der Waals surface area contributed by atoms with Crippen LogP contribution in [0.15, 0.2) is 18.2 Å². The summed E-state index contributed by atoms with van der Waals surface area (Å²) in [4.78, 5) is 0. The van der Waals surface area contributed by atoms with E-state index in [-0.39, 0.29) is 5.82 Å². The first-order valence-electron chi connectivity index (χ1n) is 8.21. The van der Waals surface area contributed by atoms with Crippen LogP contribution in [0.2, 0.25) is 5.02 Å². The molecule has 0 saturated heterocycles. The van der Waals surface area contributed by atoms with Crippen molar-refractivity contribution in [3.8, 4) is 0 Å². The van der Waals surface area contributed by atoms with Gasteiger partial charge in [-0.2, -0.15) is 0 Å². The van der Waals surface area contributed by atoms with Crippen molar-refractivity contribution in [1.82, 2.24) is 5.32 Å². The van der Waals surface area contributed by atoms with E-state index in [1.54, 1.807) is 12.1 Å². The van der Waals surface area contributed by atoms with Gasteiger partial charge < -0.3 is 5.32 Å². The zero-order valence-corrected chi connectivity index (χ0v) is 13.9. The summed E-state index contributed by atoms with van der Waals surface area (Å²) >= 11 is 6.01. The number of halogens is 2. The number of hydrogen-bond donors (Lipinski definition) is 1. The molecule has 1 fully saturated rings. The highest BCUT2D eigenvalue weighted by Crippen LogP contribution is 2.33. The van der Waals surface area contributed by atoms with Gasteiger partial charge in [0.1, 0.15) is 5.82 Å². The number of hydrogen-bond acceptors (Lipinski definition) is 1. The topological polar surface area (TPSA) is 12.0 Å². The summed E-state index contributed by atoms with van der Waals surface area (Å²) in [6.07, 6.45) is 5.87. The van der Waals surface area contributed by atoms with Crippen LogP contribution in [-0.2, 0) is 6.42 Å². The molecule has 1 nitrogen and oxygen atoms in total. The molecule has 2 rings (SSSR count). The summed E-state index contributed by atoms with van der Waals surface area (Å²) in [7, 11) is 0. The molecule has 1 saturated carbocycles. The zero-order valence-electron chi connectivity index (χ0n) is 13.2. The molecule has 21 heavy (non-hydrogen) atoms. The van der Waals surface area contributed by atoms with Gasteiger partial charge in [-0.1, -0.05) is 38.3 Å². The van der Waals surface area contributed by atoms with Crippen LogP contribution in [0.5, 0.6) is 0 Å². The Bertz CT molecular complexity index is 447. The van der Waals surface area contributed by atoms with E-state index in [0.29, 0.717) is 22.8 Å². The van der Waals surface area contributed by atoms with Gasteiger partial charge in [0.2, 0.25) is 0 Å². The van der Waals surface area contributed by atoms with E-state index in [1.165, 1.54) is 31.7 Å². The summed E-state index contributed by atoms with van der Waals surface area (Å²) in [5, 5.41) is 4.21. The van der Waals surface area contributed by atoms with Crippen LogP contribution in [-0.4, -0.2) is 13.1 Å². The maximum absolute atomic E-state index is 13.9. The SMILES string of the molecule is CC(C)CNCC1CCCCC1Cc1cc(Cl)ccc1F. The predicted molar refractivity (Wildman–Crippen MR) is 88.3 cm³/mol. The third-order valence-corrected chi connectivity index (χ3v) is 4.75. The van der Waals surface area contributed by atoms with Crippen molar-refractivity contribution in [3.05, 3.63) is 34.6 Å². The van der Waals surface area contributed by atoms with Crippen LogP contribution in [0, 0.1) is 23.6 Å². The third-order valence-electron chi connectivity index (χ3n) is 4.52. The van der Waals surface area contributed by atoms with Crippen LogP contribution in [0.3, 0.4) is 0 Å². The van der Waals surface area contributed by atoms with Crippen LogP contribution < -0.4 is 5.32 Å². The molecule has 2 atom stereocenters. The monoisotopic (exact) mass is 311 g/mol. The molecule has 1 N–H and O–H groups in total. The Labute approximate surface area is 133 Å². The molecule has 118 valence electrons. The van der Waals surface area contributed by atoms with Crippen LogP contribution >= 0.6 is 11.6 Å². The molecule has 2 unspecified atom stereocenters. The Morgan fingerprint density at radius 1 is 1.24 bits per heavy atom. The fourth-order valence-corrected chi connectivity index (χ4v) is 3.56. The van der Waals surface area contributed by atoms with E-state index in [0.717, 1.165) is 25.1 Å². The van der Waals surface area contributed by atoms with Gasteiger partial charge in [-0.15, -0.1) is 0 Å². The van der Waals surface area contributed by atoms with Gasteiger partial charge in [0.05, 0.1) is 0 Å². The highest BCUT2D eigenvalue weighted by atomic mass is 35.5. The zero-order chi connectivity index (χ0) is 15.2. The average Bonchev–Trinajstić information content (AvgIpc) is 2.44. The highest BCUT2D eigenvalue weighted by molar-refractivity contribution is 6.30. The minimum Gasteiger partial charge on any atom is -0.316 e. The van der Waals surface area contributed by atoms with Crippen molar-refractivity contribution in [1.29, 1.82) is 0 Å². The first-order chi connectivity index (χ1) is 10.1. The Morgan fingerprint density at radius 3 is 2.67 bits per heavy atom. The van der Waals surface area contributed by atoms with E-state index in [1.807, 2.05) is 0 Å². The standard InChI is InChI=1S/C18H27ClFN/c1-13(2)11-21-12-15-6-4-3-5-14(15)9-16-10-17(19)7-8-18(16)20/h7-8,10,13-15,21H,3-6,9,11-12H2,1-2H3. The lowest BCUT2D eigenvalue weighted by Crippen LogP contribution is -2.33. The van der Waals surface area contributed by atoms with Crippen molar-refractivity contribution in [2.75, 3.05) is 13.1 Å². The van der Waals surface area contributed by atoms with Gasteiger partial charge in [-0.05, 0) is 73.9 Å². The molecule has 0 bridgehead atoms. The van der Waals surface area contributed by atoms with Crippen molar-refractivity contribution in [2.45, 2.75) is 46.0 Å². The third kappa shape index (κ3) is 5.27. The molecule has 0 heterocycles. The number of nitrogens with one attached hydrogen (secondary N) is 1. The Hall–Kier alpha value is -0.600. The smallest absolute Gasteiger partial charge is 0.126 e. The molecule has 0 spiro atoms. The second kappa shape index (κ2) is 8.14. The van der Waals surface area contributed by atoms with Gasteiger partial charge in [0, 0.05) is 5.02 Å². The summed E-state index contributed by atoms with van der Waals surface area (Å²) < 4.78 is 13.9. The van der Waals surface area contributed by atoms with E-state index in [9.17, 15) is 4.39 Å². The van der Waals surface area contributed by atoms with E-state index < -0.39 is 0 Å². The maximum Gasteiger partial charge on any atom is 0.126 e. The molecule has 0 aliphatic heterocycles. The van der Waals surface area contributed by atoms with Crippen molar-refractivity contribution < 1.29 is 4.39 Å². The number of benzene rings is 1. The molecule has 0 amide bonds. The van der Waals surface area contributed by atoms with E-state index >= 15 is 0 Å². The Balaban J connectivity index is 1.96.